The highest BCUT2D eigenvalue weighted by Gasteiger charge is 2.16. The number of amides is 1. The van der Waals surface area contributed by atoms with Crippen LogP contribution < -0.4 is 5.32 Å². The number of nitrogens with zero attached hydrogens (tertiary/aromatic N) is 3. The van der Waals surface area contributed by atoms with Crippen molar-refractivity contribution < 1.29 is 4.79 Å². The van der Waals surface area contributed by atoms with Crippen molar-refractivity contribution in [2.45, 2.75) is 6.42 Å². The smallest absolute Gasteiger partial charge is 0.257 e. The molecule has 0 aliphatic rings. The fourth-order valence-electron chi connectivity index (χ4n) is 1.33. The normalized spacial score (nSPS) is 9.53. The van der Waals surface area contributed by atoms with Gasteiger partial charge in [-0.2, -0.15) is 5.26 Å². The van der Waals surface area contributed by atoms with Gasteiger partial charge < -0.3 is 10.2 Å². The predicted molar refractivity (Wildman–Crippen MR) is 68.7 cm³/mol. The van der Waals surface area contributed by atoms with E-state index in [1.165, 1.54) is 4.90 Å². The number of rotatable bonds is 4. The van der Waals surface area contributed by atoms with E-state index in [1.54, 1.807) is 26.4 Å². The number of nitrogens with one attached hydrogen (secondary N) is 1. The van der Waals surface area contributed by atoms with E-state index in [4.69, 9.17) is 5.26 Å². The lowest BCUT2D eigenvalue weighted by Gasteiger charge is -2.17. The third kappa shape index (κ3) is 3.43. The topological polar surface area (TPSA) is 69.0 Å². The van der Waals surface area contributed by atoms with Crippen molar-refractivity contribution in [3.05, 3.63) is 22.3 Å². The van der Waals surface area contributed by atoms with E-state index in [0.29, 0.717) is 24.3 Å². The first-order valence-corrected chi connectivity index (χ1v) is 5.85. The Hall–Kier alpha value is -1.61. The molecule has 0 fully saturated rings. The summed E-state index contributed by atoms with van der Waals surface area (Å²) < 4.78 is 0.744. The number of carbonyl (C=O) groups excluding carboxylic acids is 1. The van der Waals surface area contributed by atoms with E-state index in [2.05, 4.69) is 26.2 Å². The zero-order valence-electron chi connectivity index (χ0n) is 9.70. The first-order chi connectivity index (χ1) is 8.10. The minimum Gasteiger partial charge on any atom is -0.372 e. The van der Waals surface area contributed by atoms with Gasteiger partial charge in [-0.25, -0.2) is 4.98 Å². The summed E-state index contributed by atoms with van der Waals surface area (Å²) in [6, 6.07) is 3.72. The summed E-state index contributed by atoms with van der Waals surface area (Å²) in [4.78, 5) is 17.7. The molecular formula is C11H13BrN4O. The highest BCUT2D eigenvalue weighted by atomic mass is 79.9. The van der Waals surface area contributed by atoms with Crippen LogP contribution in [-0.2, 0) is 0 Å². The van der Waals surface area contributed by atoms with E-state index in [-0.39, 0.29) is 5.91 Å². The third-order valence-corrected chi connectivity index (χ3v) is 2.66. The van der Waals surface area contributed by atoms with E-state index in [0.717, 1.165) is 4.47 Å². The maximum absolute atomic E-state index is 12.1. The van der Waals surface area contributed by atoms with Crippen LogP contribution in [0.1, 0.15) is 16.8 Å². The number of hydrogen-bond acceptors (Lipinski definition) is 4. The second kappa shape index (κ2) is 6.21. The minimum atomic E-state index is -0.154. The molecule has 0 aromatic carbocycles. The molecule has 1 heterocycles. The van der Waals surface area contributed by atoms with Crippen molar-refractivity contribution in [3.63, 3.8) is 0 Å². The van der Waals surface area contributed by atoms with Crippen molar-refractivity contribution in [2.24, 2.45) is 0 Å². The summed E-state index contributed by atoms with van der Waals surface area (Å²) in [6.45, 7) is 0.408. The fourth-order valence-corrected chi connectivity index (χ4v) is 1.66. The van der Waals surface area contributed by atoms with E-state index in [9.17, 15) is 4.79 Å². The van der Waals surface area contributed by atoms with Gasteiger partial charge in [-0.3, -0.25) is 4.79 Å². The summed E-state index contributed by atoms with van der Waals surface area (Å²) in [5.41, 5.74) is 0.488. The van der Waals surface area contributed by atoms with Gasteiger partial charge in [0.05, 0.1) is 18.1 Å². The Morgan fingerprint density at radius 3 is 3.00 bits per heavy atom. The minimum absolute atomic E-state index is 0.154. The lowest BCUT2D eigenvalue weighted by atomic mass is 10.2. The van der Waals surface area contributed by atoms with Gasteiger partial charge in [0.2, 0.25) is 0 Å². The molecule has 1 amide bonds. The van der Waals surface area contributed by atoms with E-state index < -0.39 is 0 Å². The van der Waals surface area contributed by atoms with Crippen molar-refractivity contribution in [1.82, 2.24) is 9.88 Å². The molecule has 5 nitrogen and oxygen atoms in total. The van der Waals surface area contributed by atoms with Crippen molar-refractivity contribution in [3.8, 4) is 6.07 Å². The Morgan fingerprint density at radius 1 is 1.71 bits per heavy atom. The van der Waals surface area contributed by atoms with Crippen molar-refractivity contribution in [2.75, 3.05) is 26.0 Å². The quantitative estimate of drug-likeness (QED) is 0.921. The Bertz CT molecular complexity index is 455. The van der Waals surface area contributed by atoms with Gasteiger partial charge in [0.15, 0.2) is 0 Å². The van der Waals surface area contributed by atoms with E-state index in [1.807, 2.05) is 6.07 Å². The summed E-state index contributed by atoms with van der Waals surface area (Å²) in [5, 5.41) is 11.4. The molecule has 1 aromatic rings. The maximum atomic E-state index is 12.1. The van der Waals surface area contributed by atoms with Crippen LogP contribution in [0.4, 0.5) is 5.82 Å². The molecule has 1 aromatic heterocycles. The molecule has 0 bridgehead atoms. The number of carbonyl (C=O) groups is 1. The van der Waals surface area contributed by atoms with Gasteiger partial charge in [-0.15, -0.1) is 0 Å². The number of pyridine rings is 1. The van der Waals surface area contributed by atoms with Gasteiger partial charge in [0, 0.05) is 31.3 Å². The van der Waals surface area contributed by atoms with Crippen molar-refractivity contribution in [1.29, 1.82) is 5.26 Å². The Balaban J connectivity index is 2.95. The SMILES string of the molecule is CNc1ncc(Br)cc1C(=O)N(C)CCC#N. The molecule has 0 atom stereocenters. The molecule has 0 radical (unpaired) electrons. The Morgan fingerprint density at radius 2 is 2.41 bits per heavy atom. The average Bonchev–Trinajstić information content (AvgIpc) is 2.34. The average molecular weight is 297 g/mol. The van der Waals surface area contributed by atoms with Gasteiger partial charge >= 0.3 is 0 Å². The predicted octanol–water partition coefficient (Wildman–Crippen LogP) is 1.87. The number of nitriles is 1. The Labute approximate surface area is 109 Å². The molecule has 1 rings (SSSR count). The van der Waals surface area contributed by atoms with Gasteiger partial charge in [-0.05, 0) is 22.0 Å². The van der Waals surface area contributed by atoms with Crippen LogP contribution in [0.5, 0.6) is 0 Å². The van der Waals surface area contributed by atoms with Crippen molar-refractivity contribution >= 4 is 27.7 Å². The number of halogens is 1. The van der Waals surface area contributed by atoms with Gasteiger partial charge in [0.1, 0.15) is 5.82 Å². The van der Waals surface area contributed by atoms with Crippen LogP contribution in [0.15, 0.2) is 16.7 Å². The van der Waals surface area contributed by atoms with Gasteiger partial charge in [-0.1, -0.05) is 0 Å². The lowest BCUT2D eigenvalue weighted by molar-refractivity contribution is 0.0798. The summed E-state index contributed by atoms with van der Waals surface area (Å²) >= 11 is 3.28. The fraction of sp³-hybridized carbons (Fsp3) is 0.364. The second-order valence-corrected chi connectivity index (χ2v) is 4.35. The molecule has 0 saturated heterocycles. The molecule has 0 aliphatic heterocycles. The molecule has 6 heteroatoms. The lowest BCUT2D eigenvalue weighted by Crippen LogP contribution is -2.28. The number of aromatic nitrogens is 1. The molecule has 0 saturated carbocycles. The molecule has 1 N–H and O–H groups in total. The molecule has 0 unspecified atom stereocenters. The first-order valence-electron chi connectivity index (χ1n) is 5.06. The summed E-state index contributed by atoms with van der Waals surface area (Å²) in [7, 11) is 3.38. The monoisotopic (exact) mass is 296 g/mol. The largest absolute Gasteiger partial charge is 0.372 e. The van der Waals surface area contributed by atoms with E-state index >= 15 is 0 Å². The molecule has 90 valence electrons. The molecule has 17 heavy (non-hydrogen) atoms. The van der Waals surface area contributed by atoms with Crippen LogP contribution in [0.25, 0.3) is 0 Å². The number of anilines is 1. The Kier molecular flexibility index (Phi) is 4.91. The second-order valence-electron chi connectivity index (χ2n) is 3.43. The third-order valence-electron chi connectivity index (χ3n) is 2.23. The first kappa shape index (κ1) is 13.5. The van der Waals surface area contributed by atoms with Crippen LogP contribution in [0.3, 0.4) is 0 Å². The highest BCUT2D eigenvalue weighted by molar-refractivity contribution is 9.10. The molecular weight excluding hydrogens is 284 g/mol. The number of hydrogen-bond donors (Lipinski definition) is 1. The van der Waals surface area contributed by atoms with Crippen LogP contribution in [0, 0.1) is 11.3 Å². The maximum Gasteiger partial charge on any atom is 0.257 e. The zero-order valence-corrected chi connectivity index (χ0v) is 11.3. The van der Waals surface area contributed by atoms with Crippen LogP contribution in [0.2, 0.25) is 0 Å². The van der Waals surface area contributed by atoms with Gasteiger partial charge in [0.25, 0.3) is 5.91 Å². The molecule has 0 spiro atoms. The van der Waals surface area contributed by atoms with Crippen LogP contribution >= 0.6 is 15.9 Å². The molecule has 0 aliphatic carbocycles. The standard InChI is InChI=1S/C11H13BrN4O/c1-14-10-9(6-8(12)7-15-10)11(17)16(2)5-3-4-13/h6-7H,3,5H2,1-2H3,(H,14,15). The zero-order chi connectivity index (χ0) is 12.8. The summed E-state index contributed by atoms with van der Waals surface area (Å²) in [5.74, 6) is 0.375. The highest BCUT2D eigenvalue weighted by Crippen LogP contribution is 2.19. The summed E-state index contributed by atoms with van der Waals surface area (Å²) in [6.07, 6.45) is 1.94. The van der Waals surface area contributed by atoms with Crippen LogP contribution in [-0.4, -0.2) is 36.4 Å².